The summed E-state index contributed by atoms with van der Waals surface area (Å²) in [4.78, 5) is 12.0. The Labute approximate surface area is 134 Å². The average Bonchev–Trinajstić information content (AvgIpc) is 2.75. The van der Waals surface area contributed by atoms with Gasteiger partial charge in [-0.05, 0) is 49.0 Å². The van der Waals surface area contributed by atoms with Gasteiger partial charge in [0, 0.05) is 22.2 Å². The van der Waals surface area contributed by atoms with E-state index in [0.29, 0.717) is 11.5 Å². The van der Waals surface area contributed by atoms with Crippen LogP contribution in [0.5, 0.6) is 5.75 Å². The topological polar surface area (TPSA) is 38.3 Å². The Hall–Kier alpha value is -1.29. The van der Waals surface area contributed by atoms with E-state index in [1.165, 1.54) is 6.42 Å². The summed E-state index contributed by atoms with van der Waals surface area (Å²) in [6.07, 6.45) is 6.65. The molecule has 21 heavy (non-hydrogen) atoms. The third-order valence-corrected chi connectivity index (χ3v) is 4.41. The van der Waals surface area contributed by atoms with Crippen LogP contribution in [0.2, 0.25) is 0 Å². The van der Waals surface area contributed by atoms with Crippen LogP contribution in [0.15, 0.2) is 28.7 Å². The van der Waals surface area contributed by atoms with Gasteiger partial charge in [-0.25, -0.2) is 0 Å². The molecule has 3 nitrogen and oxygen atoms in total. The first-order valence-electron chi connectivity index (χ1n) is 7.22. The number of hydrogen-bond acceptors (Lipinski definition) is 2. The first kappa shape index (κ1) is 16.1. The lowest BCUT2D eigenvalue weighted by molar-refractivity contribution is -0.117. The molecule has 1 aliphatic rings. The molecule has 0 spiro atoms. The molecule has 1 aromatic rings. The molecular weight excluding hydrogens is 330 g/mol. The predicted octanol–water partition coefficient (Wildman–Crippen LogP) is 4.17. The van der Waals surface area contributed by atoms with Gasteiger partial charge in [0.2, 0.25) is 5.91 Å². The molecule has 1 N–H and O–H groups in total. The molecule has 1 saturated carbocycles. The van der Waals surface area contributed by atoms with Crippen molar-refractivity contribution >= 4 is 27.9 Å². The second-order valence-electron chi connectivity index (χ2n) is 6.33. The average molecular weight is 352 g/mol. The van der Waals surface area contributed by atoms with Gasteiger partial charge in [-0.1, -0.05) is 29.8 Å². The predicted molar refractivity (Wildman–Crippen MR) is 89.3 cm³/mol. The second kappa shape index (κ2) is 6.65. The van der Waals surface area contributed by atoms with Crippen molar-refractivity contribution in [3.63, 3.8) is 0 Å². The molecule has 4 heteroatoms. The van der Waals surface area contributed by atoms with Gasteiger partial charge >= 0.3 is 0 Å². The minimum atomic E-state index is -0.0419. The summed E-state index contributed by atoms with van der Waals surface area (Å²) in [5, 5.41) is 3.08. The Bertz CT molecular complexity index is 552. The molecule has 2 rings (SSSR count). The van der Waals surface area contributed by atoms with Crippen molar-refractivity contribution < 1.29 is 9.53 Å². The summed E-state index contributed by atoms with van der Waals surface area (Å²) in [7, 11) is 1.63. The Morgan fingerprint density at radius 1 is 1.48 bits per heavy atom. The highest BCUT2D eigenvalue weighted by atomic mass is 79.9. The van der Waals surface area contributed by atoms with E-state index in [0.717, 1.165) is 28.6 Å². The zero-order valence-electron chi connectivity index (χ0n) is 12.8. The van der Waals surface area contributed by atoms with Crippen molar-refractivity contribution in [3.8, 4) is 5.75 Å². The summed E-state index contributed by atoms with van der Waals surface area (Å²) >= 11 is 3.43. The van der Waals surface area contributed by atoms with Gasteiger partial charge in [0.25, 0.3) is 0 Å². The van der Waals surface area contributed by atoms with Crippen LogP contribution in [-0.4, -0.2) is 19.1 Å². The van der Waals surface area contributed by atoms with Crippen LogP contribution in [0.1, 0.15) is 38.7 Å². The van der Waals surface area contributed by atoms with E-state index in [-0.39, 0.29) is 5.91 Å². The maximum Gasteiger partial charge on any atom is 0.244 e. The number of carbonyl (C=O) groups is 1. The van der Waals surface area contributed by atoms with Gasteiger partial charge in [0.15, 0.2) is 0 Å². The quantitative estimate of drug-likeness (QED) is 0.826. The molecule has 1 aromatic carbocycles. The van der Waals surface area contributed by atoms with Crippen molar-refractivity contribution in [2.45, 2.75) is 39.2 Å². The number of nitrogens with one attached hydrogen (secondary N) is 1. The monoisotopic (exact) mass is 351 g/mol. The molecule has 0 heterocycles. The Balaban J connectivity index is 1.98. The van der Waals surface area contributed by atoms with Crippen LogP contribution in [0, 0.1) is 5.41 Å². The van der Waals surface area contributed by atoms with Gasteiger partial charge in [-0.3, -0.25) is 4.79 Å². The molecule has 1 unspecified atom stereocenters. The highest BCUT2D eigenvalue weighted by molar-refractivity contribution is 9.10. The number of halogens is 1. The van der Waals surface area contributed by atoms with Gasteiger partial charge in [0.1, 0.15) is 5.75 Å². The summed E-state index contributed by atoms with van der Waals surface area (Å²) in [5.74, 6) is 0.712. The number of methoxy groups -OCH3 is 1. The van der Waals surface area contributed by atoms with Gasteiger partial charge in [-0.2, -0.15) is 0 Å². The van der Waals surface area contributed by atoms with E-state index < -0.39 is 0 Å². The molecule has 0 aliphatic heterocycles. The Morgan fingerprint density at radius 2 is 2.24 bits per heavy atom. The van der Waals surface area contributed by atoms with Crippen LogP contribution >= 0.6 is 15.9 Å². The fourth-order valence-electron chi connectivity index (χ4n) is 2.81. The van der Waals surface area contributed by atoms with Crippen molar-refractivity contribution in [1.29, 1.82) is 0 Å². The zero-order valence-corrected chi connectivity index (χ0v) is 14.4. The van der Waals surface area contributed by atoms with Crippen LogP contribution in [0.3, 0.4) is 0 Å². The van der Waals surface area contributed by atoms with Crippen molar-refractivity contribution in [1.82, 2.24) is 5.32 Å². The number of rotatable bonds is 4. The van der Waals surface area contributed by atoms with E-state index >= 15 is 0 Å². The summed E-state index contributed by atoms with van der Waals surface area (Å²) in [6, 6.07) is 6.01. The minimum absolute atomic E-state index is 0.0419. The van der Waals surface area contributed by atoms with Gasteiger partial charge in [-0.15, -0.1) is 0 Å². The first-order valence-corrected chi connectivity index (χ1v) is 8.01. The molecule has 0 saturated heterocycles. The van der Waals surface area contributed by atoms with Crippen molar-refractivity contribution in [2.24, 2.45) is 5.41 Å². The fraction of sp³-hybridized carbons (Fsp3) is 0.471. The molecule has 0 radical (unpaired) electrons. The maximum atomic E-state index is 12.0. The summed E-state index contributed by atoms with van der Waals surface area (Å²) in [6.45, 7) is 4.50. The standard InChI is InChI=1S/C17H22BrNO2/c1-17(2)9-8-14(11-17)19-16(20)7-4-12-10-13(18)5-6-15(12)21-3/h4-7,10,14H,8-9,11H2,1-3H3,(H,19,20)/b7-4+. The second-order valence-corrected chi connectivity index (χ2v) is 7.25. The number of benzene rings is 1. The van der Waals surface area contributed by atoms with Crippen LogP contribution in [0.25, 0.3) is 6.08 Å². The van der Waals surface area contributed by atoms with Gasteiger partial charge in [0.05, 0.1) is 7.11 Å². The lowest BCUT2D eigenvalue weighted by atomic mass is 9.92. The maximum absolute atomic E-state index is 12.0. The third-order valence-electron chi connectivity index (χ3n) is 3.92. The molecule has 114 valence electrons. The van der Waals surface area contributed by atoms with E-state index in [4.69, 9.17) is 4.74 Å². The highest BCUT2D eigenvalue weighted by Gasteiger charge is 2.31. The van der Waals surface area contributed by atoms with Crippen LogP contribution in [0.4, 0.5) is 0 Å². The SMILES string of the molecule is COc1ccc(Br)cc1/C=C/C(=O)NC1CCC(C)(C)C1. The van der Waals surface area contributed by atoms with E-state index in [9.17, 15) is 4.79 Å². The first-order chi connectivity index (χ1) is 9.89. The zero-order chi connectivity index (χ0) is 15.5. The van der Waals surface area contributed by atoms with Crippen LogP contribution < -0.4 is 10.1 Å². The smallest absolute Gasteiger partial charge is 0.244 e. The minimum Gasteiger partial charge on any atom is -0.496 e. The number of amides is 1. The molecule has 0 aromatic heterocycles. The molecule has 1 fully saturated rings. The lowest BCUT2D eigenvalue weighted by Gasteiger charge is -2.17. The number of ether oxygens (including phenoxy) is 1. The number of carbonyl (C=O) groups excluding carboxylic acids is 1. The lowest BCUT2D eigenvalue weighted by Crippen LogP contribution is -2.32. The van der Waals surface area contributed by atoms with Crippen molar-refractivity contribution in [2.75, 3.05) is 7.11 Å². The van der Waals surface area contributed by atoms with E-state index in [2.05, 4.69) is 35.1 Å². The Kier molecular flexibility index (Phi) is 5.09. The number of hydrogen-bond donors (Lipinski definition) is 1. The largest absolute Gasteiger partial charge is 0.496 e. The van der Waals surface area contributed by atoms with Gasteiger partial charge < -0.3 is 10.1 Å². The fourth-order valence-corrected chi connectivity index (χ4v) is 3.19. The normalized spacial score (nSPS) is 20.7. The van der Waals surface area contributed by atoms with E-state index in [1.54, 1.807) is 19.3 Å². The van der Waals surface area contributed by atoms with E-state index in [1.807, 2.05) is 18.2 Å². The van der Waals surface area contributed by atoms with Crippen molar-refractivity contribution in [3.05, 3.63) is 34.3 Å². The van der Waals surface area contributed by atoms with Crippen LogP contribution in [-0.2, 0) is 4.79 Å². The third kappa shape index (κ3) is 4.60. The Morgan fingerprint density at radius 3 is 2.86 bits per heavy atom. The molecule has 1 aliphatic carbocycles. The highest BCUT2D eigenvalue weighted by Crippen LogP contribution is 2.36. The molecule has 0 bridgehead atoms. The molecule has 1 amide bonds. The molecular formula is C17H22BrNO2. The molecule has 1 atom stereocenters. The summed E-state index contributed by atoms with van der Waals surface area (Å²) in [5.41, 5.74) is 1.23. The summed E-state index contributed by atoms with van der Waals surface area (Å²) < 4.78 is 6.25.